The minimum Gasteiger partial charge on any atom is -0.463 e. The Hall–Kier alpha value is -3.87. The molecule has 2 aromatic carbocycles. The summed E-state index contributed by atoms with van der Waals surface area (Å²) in [5.74, 6) is 0.700. The number of carbonyl (C=O) groups excluding carboxylic acids is 1. The zero-order valence-corrected chi connectivity index (χ0v) is 26.6. The number of rotatable bonds is 9. The largest absolute Gasteiger partial charge is 0.463 e. The molecule has 0 radical (unpaired) electrons. The molecule has 2 unspecified atom stereocenters. The van der Waals surface area contributed by atoms with Gasteiger partial charge in [-0.25, -0.2) is 0 Å². The molecule has 2 fully saturated rings. The van der Waals surface area contributed by atoms with Crippen LogP contribution in [0.15, 0.2) is 49.1 Å². The van der Waals surface area contributed by atoms with Crippen molar-refractivity contribution in [1.82, 2.24) is 19.8 Å². The second-order valence-electron chi connectivity index (χ2n) is 12.8. The van der Waals surface area contributed by atoms with Crippen LogP contribution in [0.1, 0.15) is 37.4 Å². The molecule has 2 atom stereocenters. The second-order valence-corrected chi connectivity index (χ2v) is 13.2. The van der Waals surface area contributed by atoms with Gasteiger partial charge in [-0.2, -0.15) is 15.2 Å². The molecule has 1 aliphatic carbocycles. The SMILES string of the molecule is C=CC(=O)N1CCN(c2nc(OCC3(CN(C)C)CC3)nc3c2CC(C)N(c2cccc4cccc(Cl)c24)C3)CC1CC#N. The summed E-state index contributed by atoms with van der Waals surface area (Å²) >= 11 is 6.75. The van der Waals surface area contributed by atoms with Gasteiger partial charge in [-0.1, -0.05) is 42.4 Å². The van der Waals surface area contributed by atoms with E-state index in [1.807, 2.05) is 12.1 Å². The molecule has 3 aliphatic rings. The summed E-state index contributed by atoms with van der Waals surface area (Å²) in [6.45, 7) is 9.62. The molecule has 1 aromatic heterocycles. The van der Waals surface area contributed by atoms with E-state index in [0.717, 1.165) is 64.4 Å². The molecule has 2 aliphatic heterocycles. The highest BCUT2D eigenvalue weighted by molar-refractivity contribution is 6.36. The van der Waals surface area contributed by atoms with E-state index in [1.54, 1.807) is 4.90 Å². The number of hydrogen-bond acceptors (Lipinski definition) is 8. The van der Waals surface area contributed by atoms with Gasteiger partial charge in [0, 0.05) is 54.3 Å². The van der Waals surface area contributed by atoms with Crippen molar-refractivity contribution < 1.29 is 9.53 Å². The summed E-state index contributed by atoms with van der Waals surface area (Å²) in [5.41, 5.74) is 3.26. The zero-order chi connectivity index (χ0) is 31.0. The quantitative estimate of drug-likeness (QED) is 0.309. The maximum atomic E-state index is 12.6. The third-order valence-corrected chi connectivity index (χ3v) is 9.54. The number of aromatic nitrogens is 2. The van der Waals surface area contributed by atoms with Crippen molar-refractivity contribution >= 4 is 39.8 Å². The van der Waals surface area contributed by atoms with Crippen LogP contribution in [0.3, 0.4) is 0 Å². The van der Waals surface area contributed by atoms with Crippen LogP contribution < -0.4 is 14.5 Å². The van der Waals surface area contributed by atoms with Crippen LogP contribution in [-0.4, -0.2) is 84.6 Å². The number of hydrogen-bond donors (Lipinski definition) is 0. The van der Waals surface area contributed by atoms with Crippen LogP contribution >= 0.6 is 11.6 Å². The molecule has 3 heterocycles. The first kappa shape index (κ1) is 30.2. The second kappa shape index (κ2) is 12.3. The van der Waals surface area contributed by atoms with E-state index < -0.39 is 0 Å². The highest BCUT2D eigenvalue weighted by Gasteiger charge is 2.44. The number of amides is 1. The van der Waals surface area contributed by atoms with Gasteiger partial charge in [0.2, 0.25) is 5.91 Å². The number of halogens is 1. The Balaban J connectivity index is 1.37. The van der Waals surface area contributed by atoms with Gasteiger partial charge in [0.15, 0.2) is 0 Å². The summed E-state index contributed by atoms with van der Waals surface area (Å²) in [5, 5.41) is 12.4. The van der Waals surface area contributed by atoms with E-state index in [0.29, 0.717) is 38.8 Å². The molecule has 9 nitrogen and oxygen atoms in total. The molecule has 1 amide bonds. The third kappa shape index (κ3) is 5.93. The first-order chi connectivity index (χ1) is 21.2. The van der Waals surface area contributed by atoms with Gasteiger partial charge in [-0.3, -0.25) is 4.79 Å². The summed E-state index contributed by atoms with van der Waals surface area (Å²) in [4.78, 5) is 31.2. The van der Waals surface area contributed by atoms with E-state index in [1.165, 1.54) is 6.08 Å². The van der Waals surface area contributed by atoms with E-state index in [9.17, 15) is 10.1 Å². The topological polar surface area (TPSA) is 88.8 Å². The molecule has 3 aromatic rings. The molecule has 1 saturated carbocycles. The van der Waals surface area contributed by atoms with Crippen molar-refractivity contribution in [2.45, 2.75) is 51.2 Å². The Labute approximate surface area is 264 Å². The van der Waals surface area contributed by atoms with Gasteiger partial charge >= 0.3 is 6.01 Å². The van der Waals surface area contributed by atoms with Gasteiger partial charge in [-0.05, 0) is 63.9 Å². The van der Waals surface area contributed by atoms with Crippen molar-refractivity contribution in [3.05, 3.63) is 65.3 Å². The maximum absolute atomic E-state index is 12.6. The molecule has 230 valence electrons. The molecule has 0 N–H and O–H groups in total. The Morgan fingerprint density at radius 2 is 2.00 bits per heavy atom. The van der Waals surface area contributed by atoms with Crippen LogP contribution in [0.25, 0.3) is 10.8 Å². The van der Waals surface area contributed by atoms with Gasteiger partial charge in [-0.15, -0.1) is 0 Å². The van der Waals surface area contributed by atoms with E-state index in [4.69, 9.17) is 26.3 Å². The van der Waals surface area contributed by atoms with Gasteiger partial charge in [0.25, 0.3) is 0 Å². The monoisotopic (exact) mass is 613 g/mol. The predicted molar refractivity (Wildman–Crippen MR) is 174 cm³/mol. The summed E-state index contributed by atoms with van der Waals surface area (Å²) in [6.07, 6.45) is 4.57. The molecule has 44 heavy (non-hydrogen) atoms. The molecular formula is C34H40ClN7O2. The van der Waals surface area contributed by atoms with Crippen LogP contribution in [0, 0.1) is 16.7 Å². The van der Waals surface area contributed by atoms with Gasteiger partial charge in [0.05, 0.1) is 42.4 Å². The van der Waals surface area contributed by atoms with Crippen molar-refractivity contribution in [3.8, 4) is 12.1 Å². The van der Waals surface area contributed by atoms with Crippen molar-refractivity contribution in [1.29, 1.82) is 5.26 Å². The number of ether oxygens (including phenoxy) is 1. The zero-order valence-electron chi connectivity index (χ0n) is 25.8. The first-order valence-corrected chi connectivity index (χ1v) is 15.8. The summed E-state index contributed by atoms with van der Waals surface area (Å²) < 4.78 is 6.39. The third-order valence-electron chi connectivity index (χ3n) is 9.23. The first-order valence-electron chi connectivity index (χ1n) is 15.4. The molecule has 0 spiro atoms. The van der Waals surface area contributed by atoms with E-state index in [2.05, 4.69) is 72.6 Å². The number of benzene rings is 2. The van der Waals surface area contributed by atoms with Crippen molar-refractivity contribution in [3.63, 3.8) is 0 Å². The van der Waals surface area contributed by atoms with Crippen molar-refractivity contribution in [2.24, 2.45) is 5.41 Å². The fourth-order valence-electron chi connectivity index (χ4n) is 6.87. The molecule has 1 saturated heterocycles. The Morgan fingerprint density at radius 3 is 2.70 bits per heavy atom. The number of nitriles is 1. The number of nitrogens with zero attached hydrogens (tertiary/aromatic N) is 7. The van der Waals surface area contributed by atoms with Gasteiger partial charge < -0.3 is 24.3 Å². The Kier molecular flexibility index (Phi) is 8.40. The fraction of sp³-hybridized carbons (Fsp3) is 0.471. The van der Waals surface area contributed by atoms with Crippen molar-refractivity contribution in [2.75, 3.05) is 56.7 Å². The van der Waals surface area contributed by atoms with Crippen LogP contribution in [-0.2, 0) is 17.8 Å². The fourth-order valence-corrected chi connectivity index (χ4v) is 7.15. The van der Waals surface area contributed by atoms with Crippen LogP contribution in [0.2, 0.25) is 5.02 Å². The lowest BCUT2D eigenvalue weighted by Crippen LogP contribution is -2.55. The van der Waals surface area contributed by atoms with E-state index >= 15 is 0 Å². The smallest absolute Gasteiger partial charge is 0.318 e. The molecule has 0 bridgehead atoms. The predicted octanol–water partition coefficient (Wildman–Crippen LogP) is 5.07. The van der Waals surface area contributed by atoms with Crippen LogP contribution in [0.4, 0.5) is 11.5 Å². The normalized spacial score (nSPS) is 20.8. The Bertz CT molecular complexity index is 1610. The molecular weight excluding hydrogens is 574 g/mol. The highest BCUT2D eigenvalue weighted by atomic mass is 35.5. The highest BCUT2D eigenvalue weighted by Crippen LogP contribution is 2.46. The molecule has 10 heteroatoms. The minimum atomic E-state index is -0.251. The minimum absolute atomic E-state index is 0.137. The van der Waals surface area contributed by atoms with E-state index in [-0.39, 0.29) is 29.8 Å². The molecule has 6 rings (SSSR count). The average Bonchev–Trinajstić information content (AvgIpc) is 3.77. The average molecular weight is 614 g/mol. The number of fused-ring (bicyclic) bond motifs is 2. The summed E-state index contributed by atoms with van der Waals surface area (Å²) in [7, 11) is 4.19. The summed E-state index contributed by atoms with van der Waals surface area (Å²) in [6, 6.07) is 14.9. The number of carbonyl (C=O) groups is 1. The number of piperazine rings is 1. The lowest BCUT2D eigenvalue weighted by Gasteiger charge is -2.43. The van der Waals surface area contributed by atoms with Gasteiger partial charge in [0.1, 0.15) is 5.82 Å². The number of anilines is 2. The standard InChI is InChI=1S/C34H40ClN7O2/c1-5-30(43)41-17-16-40(19-25(41)12-15-36)32-26-18-23(2)42(29-11-7-9-24-8-6-10-27(35)31(24)29)20-28(26)37-33(38-32)44-22-34(13-14-34)21-39(3)4/h5-11,23,25H,1,12-14,16-22H2,2-4H3. The lowest BCUT2D eigenvalue weighted by molar-refractivity contribution is -0.128. The lowest BCUT2D eigenvalue weighted by atomic mass is 9.96. The maximum Gasteiger partial charge on any atom is 0.318 e. The van der Waals surface area contributed by atoms with Crippen LogP contribution in [0.5, 0.6) is 6.01 Å². The Morgan fingerprint density at radius 1 is 1.23 bits per heavy atom.